The molecule has 0 saturated carbocycles. The summed E-state index contributed by atoms with van der Waals surface area (Å²) in [5.41, 5.74) is 8.00. The van der Waals surface area contributed by atoms with Gasteiger partial charge in [-0.1, -0.05) is 13.0 Å². The fourth-order valence-electron chi connectivity index (χ4n) is 1.90. The van der Waals surface area contributed by atoms with Gasteiger partial charge in [0, 0.05) is 11.4 Å². The number of amides is 1. The highest BCUT2D eigenvalue weighted by Gasteiger charge is 2.12. The first-order valence-electron chi connectivity index (χ1n) is 6.23. The van der Waals surface area contributed by atoms with E-state index in [0.29, 0.717) is 11.4 Å². The van der Waals surface area contributed by atoms with E-state index in [-0.39, 0.29) is 17.1 Å². The highest BCUT2D eigenvalue weighted by atomic mass is 16.3. The number of nitrogen functional groups attached to an aromatic ring is 1. The van der Waals surface area contributed by atoms with E-state index in [0.717, 1.165) is 12.0 Å². The van der Waals surface area contributed by atoms with E-state index in [4.69, 9.17) is 5.73 Å². The number of rotatable bonds is 3. The van der Waals surface area contributed by atoms with Crippen LogP contribution < -0.4 is 11.1 Å². The third-order valence-corrected chi connectivity index (χ3v) is 3.01. The number of phenols is 2. The molecule has 0 aromatic heterocycles. The van der Waals surface area contributed by atoms with Crippen molar-refractivity contribution in [3.05, 3.63) is 47.5 Å². The molecule has 0 radical (unpaired) electrons. The molecule has 2 aromatic carbocycles. The van der Waals surface area contributed by atoms with Gasteiger partial charge in [-0.05, 0) is 42.3 Å². The lowest BCUT2D eigenvalue weighted by atomic mass is 10.1. The molecule has 5 heteroatoms. The van der Waals surface area contributed by atoms with Crippen LogP contribution in [0.1, 0.15) is 22.8 Å². The summed E-state index contributed by atoms with van der Waals surface area (Å²) in [5.74, 6) is -0.797. The van der Waals surface area contributed by atoms with E-state index < -0.39 is 5.91 Å². The van der Waals surface area contributed by atoms with Crippen LogP contribution in [0.5, 0.6) is 11.5 Å². The summed E-state index contributed by atoms with van der Waals surface area (Å²) in [7, 11) is 0. The van der Waals surface area contributed by atoms with Gasteiger partial charge < -0.3 is 21.3 Å². The average molecular weight is 272 g/mol. The number of carbonyl (C=O) groups is 1. The Morgan fingerprint density at radius 2 is 1.95 bits per heavy atom. The van der Waals surface area contributed by atoms with E-state index in [1.54, 1.807) is 12.1 Å². The van der Waals surface area contributed by atoms with Crippen molar-refractivity contribution in [1.29, 1.82) is 0 Å². The third kappa shape index (κ3) is 2.83. The second-order valence-corrected chi connectivity index (χ2v) is 4.42. The number of nitrogens with one attached hydrogen (secondary N) is 1. The van der Waals surface area contributed by atoms with E-state index >= 15 is 0 Å². The summed E-state index contributed by atoms with van der Waals surface area (Å²) in [6.45, 7) is 1.99. The van der Waals surface area contributed by atoms with Crippen LogP contribution >= 0.6 is 0 Å². The zero-order valence-electron chi connectivity index (χ0n) is 11.1. The van der Waals surface area contributed by atoms with Crippen LogP contribution in [-0.4, -0.2) is 16.1 Å². The van der Waals surface area contributed by atoms with Crippen LogP contribution in [-0.2, 0) is 6.42 Å². The number of phenolic OH excluding ortho intramolecular Hbond substituents is 2. The molecule has 0 fully saturated rings. The molecule has 2 aromatic rings. The van der Waals surface area contributed by atoms with Gasteiger partial charge in [0.1, 0.15) is 11.5 Å². The maximum absolute atomic E-state index is 12.0. The lowest BCUT2D eigenvalue weighted by Gasteiger charge is -2.09. The van der Waals surface area contributed by atoms with E-state index in [9.17, 15) is 15.0 Å². The van der Waals surface area contributed by atoms with Crippen molar-refractivity contribution in [3.63, 3.8) is 0 Å². The molecule has 0 spiro atoms. The quantitative estimate of drug-likeness (QED) is 0.510. The zero-order chi connectivity index (χ0) is 14.7. The van der Waals surface area contributed by atoms with Crippen LogP contribution in [0.15, 0.2) is 36.4 Å². The SMILES string of the molecule is CCc1ccc(NC(=O)c2cc(O)ccc2O)cc1N. The number of benzene rings is 2. The lowest BCUT2D eigenvalue weighted by molar-refractivity contribution is 0.102. The fraction of sp³-hybridized carbons (Fsp3) is 0.133. The number of carbonyl (C=O) groups excluding carboxylic acids is 1. The summed E-state index contributed by atoms with van der Waals surface area (Å²) in [5, 5.41) is 21.6. The maximum atomic E-state index is 12.0. The first kappa shape index (κ1) is 13.7. The summed E-state index contributed by atoms with van der Waals surface area (Å²) in [4.78, 5) is 12.0. The Morgan fingerprint density at radius 1 is 1.20 bits per heavy atom. The molecule has 104 valence electrons. The molecule has 5 N–H and O–H groups in total. The second kappa shape index (κ2) is 5.52. The number of nitrogens with two attached hydrogens (primary N) is 1. The molecule has 0 heterocycles. The Labute approximate surface area is 116 Å². The Bertz CT molecular complexity index is 654. The number of hydrogen-bond acceptors (Lipinski definition) is 4. The van der Waals surface area contributed by atoms with E-state index in [2.05, 4.69) is 5.32 Å². The molecule has 5 nitrogen and oxygen atoms in total. The summed E-state index contributed by atoms with van der Waals surface area (Å²) in [6.07, 6.45) is 0.813. The van der Waals surface area contributed by atoms with Gasteiger partial charge in [-0.2, -0.15) is 0 Å². The maximum Gasteiger partial charge on any atom is 0.259 e. The number of aromatic hydroxyl groups is 2. The average Bonchev–Trinajstić information content (AvgIpc) is 2.41. The van der Waals surface area contributed by atoms with Crippen molar-refractivity contribution in [2.45, 2.75) is 13.3 Å². The fourth-order valence-corrected chi connectivity index (χ4v) is 1.90. The Balaban J connectivity index is 2.23. The highest BCUT2D eigenvalue weighted by Crippen LogP contribution is 2.24. The summed E-state index contributed by atoms with van der Waals surface area (Å²) in [6, 6.07) is 9.02. The van der Waals surface area contributed by atoms with Crippen LogP contribution in [0.3, 0.4) is 0 Å². The Hall–Kier alpha value is -2.69. The van der Waals surface area contributed by atoms with Gasteiger partial charge in [-0.25, -0.2) is 0 Å². The molecule has 20 heavy (non-hydrogen) atoms. The van der Waals surface area contributed by atoms with Gasteiger partial charge in [-0.15, -0.1) is 0 Å². The zero-order valence-corrected chi connectivity index (χ0v) is 11.1. The third-order valence-electron chi connectivity index (χ3n) is 3.01. The highest BCUT2D eigenvalue weighted by molar-refractivity contribution is 6.06. The van der Waals surface area contributed by atoms with Crippen LogP contribution in [0.25, 0.3) is 0 Å². The molecule has 0 atom stereocenters. The molecule has 1 amide bonds. The van der Waals surface area contributed by atoms with Crippen molar-refractivity contribution >= 4 is 17.3 Å². The molecule has 0 aliphatic heterocycles. The van der Waals surface area contributed by atoms with Crippen molar-refractivity contribution < 1.29 is 15.0 Å². The largest absolute Gasteiger partial charge is 0.508 e. The van der Waals surface area contributed by atoms with Crippen molar-refractivity contribution in [3.8, 4) is 11.5 Å². The Morgan fingerprint density at radius 3 is 2.60 bits per heavy atom. The summed E-state index contributed by atoms with van der Waals surface area (Å²) < 4.78 is 0. The summed E-state index contributed by atoms with van der Waals surface area (Å²) >= 11 is 0. The molecule has 0 aliphatic rings. The van der Waals surface area contributed by atoms with E-state index in [1.165, 1.54) is 18.2 Å². The number of aryl methyl sites for hydroxylation is 1. The van der Waals surface area contributed by atoms with E-state index in [1.807, 2.05) is 13.0 Å². The predicted molar refractivity (Wildman–Crippen MR) is 78.0 cm³/mol. The van der Waals surface area contributed by atoms with Crippen molar-refractivity contribution in [2.75, 3.05) is 11.1 Å². The Kier molecular flexibility index (Phi) is 3.79. The van der Waals surface area contributed by atoms with Crippen molar-refractivity contribution in [2.24, 2.45) is 0 Å². The topological polar surface area (TPSA) is 95.6 Å². The smallest absolute Gasteiger partial charge is 0.259 e. The van der Waals surface area contributed by atoms with Gasteiger partial charge in [0.05, 0.1) is 5.56 Å². The molecular weight excluding hydrogens is 256 g/mol. The number of hydrogen-bond donors (Lipinski definition) is 4. The molecule has 0 unspecified atom stereocenters. The molecule has 0 aliphatic carbocycles. The normalized spacial score (nSPS) is 10.2. The van der Waals surface area contributed by atoms with Crippen LogP contribution in [0, 0.1) is 0 Å². The monoisotopic (exact) mass is 272 g/mol. The van der Waals surface area contributed by atoms with Gasteiger partial charge in [0.2, 0.25) is 0 Å². The first-order chi connectivity index (χ1) is 9.51. The van der Waals surface area contributed by atoms with Crippen LogP contribution in [0.2, 0.25) is 0 Å². The molecule has 2 rings (SSSR count). The molecule has 0 bridgehead atoms. The standard InChI is InChI=1S/C15H16N2O3/c1-2-9-3-4-10(7-13(9)16)17-15(20)12-8-11(18)5-6-14(12)19/h3-8,18-19H,2,16H2,1H3,(H,17,20). The van der Waals surface area contributed by atoms with Gasteiger partial charge in [0.25, 0.3) is 5.91 Å². The molecular formula is C15H16N2O3. The van der Waals surface area contributed by atoms with Gasteiger partial charge in [-0.3, -0.25) is 4.79 Å². The minimum atomic E-state index is -0.512. The first-order valence-corrected chi connectivity index (χ1v) is 6.23. The van der Waals surface area contributed by atoms with Gasteiger partial charge in [0.15, 0.2) is 0 Å². The minimum absolute atomic E-state index is 0.00291. The van der Waals surface area contributed by atoms with Crippen LogP contribution in [0.4, 0.5) is 11.4 Å². The second-order valence-electron chi connectivity index (χ2n) is 4.42. The predicted octanol–water partition coefficient (Wildman–Crippen LogP) is 2.49. The molecule has 0 saturated heterocycles. The number of anilines is 2. The minimum Gasteiger partial charge on any atom is -0.508 e. The van der Waals surface area contributed by atoms with Crippen molar-refractivity contribution in [1.82, 2.24) is 0 Å². The van der Waals surface area contributed by atoms with Gasteiger partial charge >= 0.3 is 0 Å². The lowest BCUT2D eigenvalue weighted by Crippen LogP contribution is -2.12.